The third-order valence-corrected chi connectivity index (χ3v) is 1.58. The lowest BCUT2D eigenvalue weighted by Gasteiger charge is -1.91. The van der Waals surface area contributed by atoms with Gasteiger partial charge in [0, 0.05) is 5.70 Å². The van der Waals surface area contributed by atoms with Gasteiger partial charge in [0.1, 0.15) is 0 Å². The van der Waals surface area contributed by atoms with Gasteiger partial charge in [-0.05, 0) is 17.7 Å². The quantitative estimate of drug-likeness (QED) is 0.695. The van der Waals surface area contributed by atoms with E-state index in [0.717, 1.165) is 5.56 Å². The summed E-state index contributed by atoms with van der Waals surface area (Å²) >= 11 is 0. The van der Waals surface area contributed by atoms with E-state index < -0.39 is 0 Å². The number of nitrogens with two attached hydrogens (primary N) is 1. The second-order valence-corrected chi connectivity index (χ2v) is 2.65. The highest BCUT2D eigenvalue weighted by Crippen LogP contribution is 2.02. The zero-order valence-electron chi connectivity index (χ0n) is 7.48. The molecule has 1 heteroatoms. The van der Waals surface area contributed by atoms with Crippen LogP contribution in [0.4, 0.5) is 0 Å². The molecule has 0 spiro atoms. The maximum Gasteiger partial charge on any atom is 0.0313 e. The normalized spacial score (nSPS) is 11.8. The number of rotatable bonds is 3. The molecule has 0 aliphatic heterocycles. The smallest absolute Gasteiger partial charge is 0.0313 e. The molecule has 0 heterocycles. The van der Waals surface area contributed by atoms with Gasteiger partial charge in [-0.15, -0.1) is 0 Å². The average Bonchev–Trinajstić information content (AvgIpc) is 2.17. The van der Waals surface area contributed by atoms with Gasteiger partial charge in [0.05, 0.1) is 0 Å². The first-order chi connectivity index (χ1) is 6.33. The zero-order chi connectivity index (χ0) is 9.52. The van der Waals surface area contributed by atoms with E-state index in [0.29, 0.717) is 5.70 Å². The molecule has 0 aliphatic carbocycles. The second kappa shape index (κ2) is 4.99. The Morgan fingerprint density at radius 3 is 2.54 bits per heavy atom. The van der Waals surface area contributed by atoms with Crippen LogP contribution in [0.5, 0.6) is 0 Å². The van der Waals surface area contributed by atoms with Crippen LogP contribution in [-0.4, -0.2) is 0 Å². The van der Waals surface area contributed by atoms with Crippen molar-refractivity contribution in [1.29, 1.82) is 0 Å². The monoisotopic (exact) mass is 171 g/mol. The van der Waals surface area contributed by atoms with Crippen LogP contribution in [-0.2, 0) is 0 Å². The summed E-state index contributed by atoms with van der Waals surface area (Å²) in [5, 5.41) is 0. The van der Waals surface area contributed by atoms with Crippen LogP contribution in [0.2, 0.25) is 0 Å². The van der Waals surface area contributed by atoms with E-state index in [1.807, 2.05) is 42.5 Å². The van der Waals surface area contributed by atoms with Crippen LogP contribution in [0.3, 0.4) is 0 Å². The summed E-state index contributed by atoms with van der Waals surface area (Å²) in [6.07, 6.45) is 7.26. The Labute approximate surface area is 78.9 Å². The molecule has 0 bridgehead atoms. The maximum absolute atomic E-state index is 5.64. The van der Waals surface area contributed by atoms with Crippen LogP contribution in [0.25, 0.3) is 6.08 Å². The molecule has 1 nitrogen and oxygen atoms in total. The van der Waals surface area contributed by atoms with Crippen LogP contribution in [0.15, 0.2) is 60.8 Å². The van der Waals surface area contributed by atoms with E-state index in [4.69, 9.17) is 5.73 Å². The lowest BCUT2D eigenvalue weighted by molar-refractivity contribution is 1.43. The molecule has 0 fully saturated rings. The molecular formula is C12H13N. The minimum Gasteiger partial charge on any atom is -0.399 e. The van der Waals surface area contributed by atoms with Crippen molar-refractivity contribution in [3.63, 3.8) is 0 Å². The van der Waals surface area contributed by atoms with Crippen molar-refractivity contribution in [1.82, 2.24) is 0 Å². The van der Waals surface area contributed by atoms with Gasteiger partial charge in [-0.3, -0.25) is 0 Å². The Morgan fingerprint density at radius 2 is 1.92 bits per heavy atom. The lowest BCUT2D eigenvalue weighted by Crippen LogP contribution is -1.90. The minimum atomic E-state index is 0.707. The first-order valence-corrected chi connectivity index (χ1v) is 4.14. The Kier molecular flexibility index (Phi) is 3.58. The molecule has 13 heavy (non-hydrogen) atoms. The van der Waals surface area contributed by atoms with Crippen molar-refractivity contribution in [2.24, 2.45) is 5.73 Å². The minimum absolute atomic E-state index is 0.707. The Bertz CT molecular complexity index is 320. The summed E-state index contributed by atoms with van der Waals surface area (Å²) in [7, 11) is 0. The van der Waals surface area contributed by atoms with Crippen LogP contribution in [0.1, 0.15) is 5.56 Å². The summed E-state index contributed by atoms with van der Waals surface area (Å²) in [5.74, 6) is 0. The fourth-order valence-electron chi connectivity index (χ4n) is 0.948. The molecule has 0 aliphatic rings. The van der Waals surface area contributed by atoms with Gasteiger partial charge in [-0.25, -0.2) is 0 Å². The Balaban J connectivity index is 2.69. The summed E-state index contributed by atoms with van der Waals surface area (Å²) < 4.78 is 0. The lowest BCUT2D eigenvalue weighted by atomic mass is 10.2. The standard InChI is InChI=1S/C12H13N/c1-2-6-12(13)10-9-11-7-4-3-5-8-11/h2-10H,1,13H2. The van der Waals surface area contributed by atoms with Crippen molar-refractivity contribution in [3.05, 3.63) is 66.4 Å². The molecule has 1 rings (SSSR count). The van der Waals surface area contributed by atoms with Crippen LogP contribution in [0, 0.1) is 0 Å². The van der Waals surface area contributed by atoms with Crippen molar-refractivity contribution in [2.75, 3.05) is 0 Å². The topological polar surface area (TPSA) is 26.0 Å². The molecule has 0 saturated carbocycles. The SMILES string of the molecule is C=CC=C(N)C=Cc1ccccc1. The number of hydrogen-bond donors (Lipinski definition) is 1. The number of hydrogen-bond acceptors (Lipinski definition) is 1. The fraction of sp³-hybridized carbons (Fsp3) is 0. The number of benzene rings is 1. The van der Waals surface area contributed by atoms with E-state index in [9.17, 15) is 0 Å². The molecule has 1 aromatic carbocycles. The van der Waals surface area contributed by atoms with Gasteiger partial charge in [0.15, 0.2) is 0 Å². The van der Waals surface area contributed by atoms with Crippen molar-refractivity contribution in [3.8, 4) is 0 Å². The predicted molar refractivity (Wildman–Crippen MR) is 57.9 cm³/mol. The fourth-order valence-corrected chi connectivity index (χ4v) is 0.948. The van der Waals surface area contributed by atoms with Crippen LogP contribution < -0.4 is 5.73 Å². The molecular weight excluding hydrogens is 158 g/mol. The summed E-state index contributed by atoms with van der Waals surface area (Å²) in [6.45, 7) is 3.57. The second-order valence-electron chi connectivity index (χ2n) is 2.65. The summed E-state index contributed by atoms with van der Waals surface area (Å²) in [5.41, 5.74) is 7.48. The van der Waals surface area contributed by atoms with E-state index in [1.165, 1.54) is 0 Å². The molecule has 66 valence electrons. The molecule has 0 saturated heterocycles. The molecule has 0 aromatic heterocycles. The van der Waals surface area contributed by atoms with E-state index in [2.05, 4.69) is 6.58 Å². The average molecular weight is 171 g/mol. The largest absolute Gasteiger partial charge is 0.399 e. The highest BCUT2D eigenvalue weighted by molar-refractivity contribution is 5.52. The highest BCUT2D eigenvalue weighted by Gasteiger charge is 1.82. The van der Waals surface area contributed by atoms with Crippen molar-refractivity contribution in [2.45, 2.75) is 0 Å². The molecule has 0 atom stereocenters. The van der Waals surface area contributed by atoms with E-state index in [1.54, 1.807) is 12.2 Å². The Morgan fingerprint density at radius 1 is 1.23 bits per heavy atom. The molecule has 0 radical (unpaired) electrons. The summed E-state index contributed by atoms with van der Waals surface area (Å²) in [4.78, 5) is 0. The van der Waals surface area contributed by atoms with Gasteiger partial charge in [0.2, 0.25) is 0 Å². The van der Waals surface area contributed by atoms with E-state index in [-0.39, 0.29) is 0 Å². The molecule has 2 N–H and O–H groups in total. The molecule has 0 amide bonds. The summed E-state index contributed by atoms with van der Waals surface area (Å²) in [6, 6.07) is 10.0. The van der Waals surface area contributed by atoms with Crippen molar-refractivity contribution < 1.29 is 0 Å². The van der Waals surface area contributed by atoms with Gasteiger partial charge in [-0.1, -0.05) is 49.1 Å². The third kappa shape index (κ3) is 3.43. The van der Waals surface area contributed by atoms with Gasteiger partial charge in [-0.2, -0.15) is 0 Å². The van der Waals surface area contributed by atoms with Gasteiger partial charge >= 0.3 is 0 Å². The molecule has 1 aromatic rings. The van der Waals surface area contributed by atoms with Crippen molar-refractivity contribution >= 4 is 6.08 Å². The number of allylic oxidation sites excluding steroid dienone is 3. The Hall–Kier alpha value is -1.76. The zero-order valence-corrected chi connectivity index (χ0v) is 7.48. The third-order valence-electron chi connectivity index (χ3n) is 1.58. The van der Waals surface area contributed by atoms with E-state index >= 15 is 0 Å². The molecule has 0 unspecified atom stereocenters. The van der Waals surface area contributed by atoms with Crippen LogP contribution >= 0.6 is 0 Å². The maximum atomic E-state index is 5.64. The highest BCUT2D eigenvalue weighted by atomic mass is 14.5. The first kappa shape index (κ1) is 9.33. The van der Waals surface area contributed by atoms with Gasteiger partial charge in [0.25, 0.3) is 0 Å². The predicted octanol–water partition coefficient (Wildman–Crippen LogP) is 2.73. The van der Waals surface area contributed by atoms with Gasteiger partial charge < -0.3 is 5.73 Å². The first-order valence-electron chi connectivity index (χ1n) is 4.14.